The zero-order valence-corrected chi connectivity index (χ0v) is 15.5. The molecule has 0 fully saturated rings. The standard InChI is InChI=1S/C15H17N3O5S2/c1-9(23-11-6-4-5-10(7-11)21-2)13(20)16-14-17-18-15(25-14)24-8-12(19)22-3/h4-7,9H,8H2,1-3H3,(H,16,17,20)/t9-/m0/s1. The van der Waals surface area contributed by atoms with E-state index in [1.807, 2.05) is 0 Å². The molecule has 8 nitrogen and oxygen atoms in total. The minimum Gasteiger partial charge on any atom is -0.497 e. The van der Waals surface area contributed by atoms with Crippen LogP contribution >= 0.6 is 23.1 Å². The molecule has 134 valence electrons. The Kier molecular flexibility index (Phi) is 7.02. The van der Waals surface area contributed by atoms with Crippen molar-refractivity contribution in [2.24, 2.45) is 0 Å². The van der Waals surface area contributed by atoms with Gasteiger partial charge in [-0.3, -0.25) is 14.9 Å². The Balaban J connectivity index is 1.88. The van der Waals surface area contributed by atoms with Crippen molar-refractivity contribution >= 4 is 40.1 Å². The second-order valence-electron chi connectivity index (χ2n) is 4.67. The molecule has 1 amide bonds. The van der Waals surface area contributed by atoms with E-state index in [2.05, 4.69) is 20.3 Å². The van der Waals surface area contributed by atoms with Crippen molar-refractivity contribution in [3.8, 4) is 11.5 Å². The maximum absolute atomic E-state index is 12.2. The monoisotopic (exact) mass is 383 g/mol. The van der Waals surface area contributed by atoms with Crippen LogP contribution in [0.4, 0.5) is 5.13 Å². The Hall–Kier alpha value is -2.33. The number of hydrogen-bond acceptors (Lipinski definition) is 9. The molecule has 0 saturated heterocycles. The smallest absolute Gasteiger partial charge is 0.316 e. The lowest BCUT2D eigenvalue weighted by Gasteiger charge is -2.14. The normalized spacial score (nSPS) is 11.5. The lowest BCUT2D eigenvalue weighted by Crippen LogP contribution is -2.30. The highest BCUT2D eigenvalue weighted by Gasteiger charge is 2.17. The van der Waals surface area contributed by atoms with E-state index >= 15 is 0 Å². The van der Waals surface area contributed by atoms with Gasteiger partial charge in [-0.15, -0.1) is 10.2 Å². The first kappa shape index (κ1) is 19.0. The molecule has 2 rings (SSSR count). The van der Waals surface area contributed by atoms with E-state index in [4.69, 9.17) is 9.47 Å². The molecule has 0 aliphatic rings. The predicted molar refractivity (Wildman–Crippen MR) is 94.4 cm³/mol. The van der Waals surface area contributed by atoms with Gasteiger partial charge in [-0.25, -0.2) is 0 Å². The van der Waals surface area contributed by atoms with Crippen LogP contribution in [0.2, 0.25) is 0 Å². The first-order valence-corrected chi connectivity index (χ1v) is 8.96. The molecular formula is C15H17N3O5S2. The number of hydrogen-bond donors (Lipinski definition) is 1. The summed E-state index contributed by atoms with van der Waals surface area (Å²) >= 11 is 2.36. The number of carbonyl (C=O) groups is 2. The van der Waals surface area contributed by atoms with Crippen LogP contribution in [-0.4, -0.2) is 48.2 Å². The Morgan fingerprint density at radius 1 is 1.28 bits per heavy atom. The largest absolute Gasteiger partial charge is 0.497 e. The van der Waals surface area contributed by atoms with Crippen LogP contribution in [0.15, 0.2) is 28.6 Å². The highest BCUT2D eigenvalue weighted by molar-refractivity contribution is 8.01. The molecule has 1 atom stereocenters. The number of anilines is 1. The van der Waals surface area contributed by atoms with E-state index in [0.29, 0.717) is 21.0 Å². The molecule has 1 aromatic carbocycles. The molecule has 2 aromatic rings. The van der Waals surface area contributed by atoms with Crippen molar-refractivity contribution in [2.45, 2.75) is 17.4 Å². The summed E-state index contributed by atoms with van der Waals surface area (Å²) in [5, 5.41) is 10.7. The Morgan fingerprint density at radius 2 is 2.04 bits per heavy atom. The quantitative estimate of drug-likeness (QED) is 0.421. The molecule has 1 N–H and O–H groups in total. The minimum absolute atomic E-state index is 0.133. The second kappa shape index (κ2) is 9.23. The zero-order valence-electron chi connectivity index (χ0n) is 13.8. The highest BCUT2D eigenvalue weighted by Crippen LogP contribution is 2.26. The summed E-state index contributed by atoms with van der Waals surface area (Å²) in [6.07, 6.45) is -0.734. The van der Waals surface area contributed by atoms with Gasteiger partial charge in [0.1, 0.15) is 11.5 Å². The van der Waals surface area contributed by atoms with Crippen molar-refractivity contribution in [1.29, 1.82) is 0 Å². The summed E-state index contributed by atoms with van der Waals surface area (Å²) in [4.78, 5) is 23.3. The van der Waals surface area contributed by atoms with E-state index in [9.17, 15) is 9.59 Å². The molecule has 1 aromatic heterocycles. The topological polar surface area (TPSA) is 99.6 Å². The van der Waals surface area contributed by atoms with E-state index in [0.717, 1.165) is 0 Å². The molecule has 0 spiro atoms. The molecule has 25 heavy (non-hydrogen) atoms. The van der Waals surface area contributed by atoms with Gasteiger partial charge in [0.05, 0.1) is 20.0 Å². The number of nitrogens with one attached hydrogen (secondary N) is 1. The average molecular weight is 383 g/mol. The Bertz CT molecular complexity index is 737. The number of aromatic nitrogens is 2. The van der Waals surface area contributed by atoms with E-state index in [-0.39, 0.29) is 17.6 Å². The summed E-state index contributed by atoms with van der Waals surface area (Å²) in [7, 11) is 2.87. The van der Waals surface area contributed by atoms with Crippen molar-refractivity contribution in [1.82, 2.24) is 10.2 Å². The zero-order chi connectivity index (χ0) is 18.2. The number of amides is 1. The molecule has 10 heteroatoms. The molecule has 0 aliphatic heterocycles. The van der Waals surface area contributed by atoms with Crippen LogP contribution in [-0.2, 0) is 14.3 Å². The SMILES string of the molecule is COC(=O)CSc1nnc(NC(=O)[C@H](C)Oc2cccc(OC)c2)s1. The summed E-state index contributed by atoms with van der Waals surface area (Å²) < 4.78 is 15.8. The minimum atomic E-state index is -0.734. The summed E-state index contributed by atoms with van der Waals surface area (Å²) in [6, 6.07) is 6.98. The van der Waals surface area contributed by atoms with Gasteiger partial charge < -0.3 is 14.2 Å². The van der Waals surface area contributed by atoms with Crippen molar-refractivity contribution in [2.75, 3.05) is 25.3 Å². The fourth-order valence-corrected chi connectivity index (χ4v) is 3.22. The highest BCUT2D eigenvalue weighted by atomic mass is 32.2. The van der Waals surface area contributed by atoms with Gasteiger partial charge in [0.25, 0.3) is 5.91 Å². The molecular weight excluding hydrogens is 366 g/mol. The number of thioether (sulfide) groups is 1. The van der Waals surface area contributed by atoms with Gasteiger partial charge in [0, 0.05) is 6.07 Å². The Labute approximate surface area is 152 Å². The first-order chi connectivity index (χ1) is 12.0. The molecule has 0 radical (unpaired) electrons. The number of ether oxygens (including phenoxy) is 3. The predicted octanol–water partition coefficient (Wildman–Crippen LogP) is 2.22. The van der Waals surface area contributed by atoms with E-state index < -0.39 is 6.10 Å². The molecule has 0 unspecified atom stereocenters. The van der Waals surface area contributed by atoms with Gasteiger partial charge in [0.2, 0.25) is 5.13 Å². The van der Waals surface area contributed by atoms with Gasteiger partial charge in [-0.1, -0.05) is 29.2 Å². The first-order valence-electron chi connectivity index (χ1n) is 7.16. The molecule has 0 aliphatic carbocycles. The maximum atomic E-state index is 12.2. The third kappa shape index (κ3) is 5.91. The fraction of sp³-hybridized carbons (Fsp3) is 0.333. The lowest BCUT2D eigenvalue weighted by atomic mass is 10.3. The number of nitrogens with zero attached hydrogens (tertiary/aromatic N) is 2. The third-order valence-electron chi connectivity index (χ3n) is 2.90. The van der Waals surface area contributed by atoms with Crippen LogP contribution in [0.1, 0.15) is 6.92 Å². The van der Waals surface area contributed by atoms with Crippen LogP contribution in [0.25, 0.3) is 0 Å². The molecule has 1 heterocycles. The number of rotatable bonds is 8. The second-order valence-corrected chi connectivity index (χ2v) is 6.87. The summed E-state index contributed by atoms with van der Waals surface area (Å²) in [6.45, 7) is 1.63. The number of benzene rings is 1. The van der Waals surface area contributed by atoms with Crippen molar-refractivity contribution in [3.05, 3.63) is 24.3 Å². The van der Waals surface area contributed by atoms with Gasteiger partial charge in [0.15, 0.2) is 10.4 Å². The van der Waals surface area contributed by atoms with Crippen molar-refractivity contribution in [3.63, 3.8) is 0 Å². The van der Waals surface area contributed by atoms with Gasteiger partial charge in [-0.2, -0.15) is 0 Å². The van der Waals surface area contributed by atoms with Gasteiger partial charge >= 0.3 is 5.97 Å². The van der Waals surface area contributed by atoms with Crippen LogP contribution < -0.4 is 14.8 Å². The number of esters is 1. The van der Waals surface area contributed by atoms with Crippen LogP contribution in [0.5, 0.6) is 11.5 Å². The fourth-order valence-electron chi connectivity index (χ4n) is 1.64. The number of carbonyl (C=O) groups excluding carboxylic acids is 2. The van der Waals surface area contributed by atoms with E-state index in [1.54, 1.807) is 38.3 Å². The lowest BCUT2D eigenvalue weighted by molar-refractivity contribution is -0.137. The molecule has 0 bridgehead atoms. The van der Waals surface area contributed by atoms with Crippen molar-refractivity contribution < 1.29 is 23.8 Å². The molecule has 0 saturated carbocycles. The average Bonchev–Trinajstić information content (AvgIpc) is 3.07. The maximum Gasteiger partial charge on any atom is 0.316 e. The summed E-state index contributed by atoms with van der Waals surface area (Å²) in [5.74, 6) is 0.582. The van der Waals surface area contributed by atoms with Crippen LogP contribution in [0, 0.1) is 0 Å². The third-order valence-corrected chi connectivity index (χ3v) is 4.85. The van der Waals surface area contributed by atoms with Gasteiger partial charge in [-0.05, 0) is 19.1 Å². The number of methoxy groups -OCH3 is 2. The Morgan fingerprint density at radius 3 is 2.76 bits per heavy atom. The van der Waals surface area contributed by atoms with Crippen LogP contribution in [0.3, 0.4) is 0 Å². The van der Waals surface area contributed by atoms with E-state index in [1.165, 1.54) is 30.2 Å². The summed E-state index contributed by atoms with van der Waals surface area (Å²) in [5.41, 5.74) is 0.